The maximum atomic E-state index is 12.2. The van der Waals surface area contributed by atoms with E-state index in [9.17, 15) is 9.59 Å². The molecule has 0 heterocycles. The van der Waals surface area contributed by atoms with Crippen LogP contribution < -0.4 is 15.8 Å². The van der Waals surface area contributed by atoms with Crippen LogP contribution in [-0.2, 0) is 4.79 Å². The van der Waals surface area contributed by atoms with Gasteiger partial charge >= 0.3 is 0 Å². The van der Waals surface area contributed by atoms with Gasteiger partial charge in [-0.15, -0.1) is 0 Å². The average Bonchev–Trinajstić information content (AvgIpc) is 2.44. The van der Waals surface area contributed by atoms with Crippen molar-refractivity contribution in [2.75, 3.05) is 6.61 Å². The molecule has 2 atom stereocenters. The smallest absolute Gasteiger partial charge is 0.252 e. The standard InChI is InChI=1S/C15H22N2O3/c1-4-10(3)13(14(16)18)17-15(19)11-7-6-8-12(9-11)20-5-2/h6-10,13H,4-5H2,1-3H3,(H2,16,18)(H,17,19). The zero-order chi connectivity index (χ0) is 15.1. The number of rotatable bonds is 7. The molecule has 0 bridgehead atoms. The number of hydrogen-bond acceptors (Lipinski definition) is 3. The highest BCUT2D eigenvalue weighted by atomic mass is 16.5. The Balaban J connectivity index is 2.83. The lowest BCUT2D eigenvalue weighted by atomic mass is 9.98. The largest absolute Gasteiger partial charge is 0.494 e. The Morgan fingerprint density at radius 3 is 2.60 bits per heavy atom. The summed E-state index contributed by atoms with van der Waals surface area (Å²) in [4.78, 5) is 23.6. The summed E-state index contributed by atoms with van der Waals surface area (Å²) < 4.78 is 5.35. The summed E-state index contributed by atoms with van der Waals surface area (Å²) in [7, 11) is 0. The second-order valence-electron chi connectivity index (χ2n) is 4.70. The van der Waals surface area contributed by atoms with E-state index < -0.39 is 11.9 Å². The summed E-state index contributed by atoms with van der Waals surface area (Å²) in [6.07, 6.45) is 0.757. The Kier molecular flexibility index (Phi) is 6.03. The summed E-state index contributed by atoms with van der Waals surface area (Å²) in [6, 6.07) is 6.17. The van der Waals surface area contributed by atoms with Gasteiger partial charge in [0.15, 0.2) is 0 Å². The van der Waals surface area contributed by atoms with Gasteiger partial charge in [0.2, 0.25) is 5.91 Å². The minimum absolute atomic E-state index is 0.00785. The SMILES string of the molecule is CCOc1cccc(C(=O)NC(C(N)=O)C(C)CC)c1. The van der Waals surface area contributed by atoms with E-state index in [0.717, 1.165) is 6.42 Å². The van der Waals surface area contributed by atoms with Crippen molar-refractivity contribution in [1.29, 1.82) is 0 Å². The predicted octanol–water partition coefficient (Wildman–Crippen LogP) is 1.72. The van der Waals surface area contributed by atoms with E-state index in [-0.39, 0.29) is 11.8 Å². The fourth-order valence-electron chi connectivity index (χ4n) is 1.85. The van der Waals surface area contributed by atoms with Crippen LogP contribution in [0.5, 0.6) is 5.75 Å². The summed E-state index contributed by atoms with van der Waals surface area (Å²) in [5.74, 6) is -0.227. The summed E-state index contributed by atoms with van der Waals surface area (Å²) in [5.41, 5.74) is 5.79. The van der Waals surface area contributed by atoms with E-state index in [1.807, 2.05) is 20.8 Å². The van der Waals surface area contributed by atoms with Crippen molar-refractivity contribution in [1.82, 2.24) is 5.32 Å². The van der Waals surface area contributed by atoms with Crippen molar-refractivity contribution >= 4 is 11.8 Å². The molecule has 0 saturated carbocycles. The van der Waals surface area contributed by atoms with Crippen LogP contribution in [0.4, 0.5) is 0 Å². The van der Waals surface area contributed by atoms with Gasteiger partial charge in [-0.1, -0.05) is 26.3 Å². The first kappa shape index (κ1) is 16.0. The highest BCUT2D eigenvalue weighted by Gasteiger charge is 2.24. The van der Waals surface area contributed by atoms with Crippen LogP contribution in [0.1, 0.15) is 37.6 Å². The molecule has 0 aromatic heterocycles. The third-order valence-corrected chi connectivity index (χ3v) is 3.21. The fraction of sp³-hybridized carbons (Fsp3) is 0.467. The molecule has 20 heavy (non-hydrogen) atoms. The van der Waals surface area contributed by atoms with Gasteiger partial charge in [0.05, 0.1) is 6.61 Å². The van der Waals surface area contributed by atoms with Gasteiger partial charge in [0.1, 0.15) is 11.8 Å². The van der Waals surface area contributed by atoms with Crippen LogP contribution in [0.15, 0.2) is 24.3 Å². The van der Waals surface area contributed by atoms with Gasteiger partial charge in [-0.3, -0.25) is 9.59 Å². The number of nitrogens with one attached hydrogen (secondary N) is 1. The maximum absolute atomic E-state index is 12.2. The van der Waals surface area contributed by atoms with Gasteiger partial charge in [-0.2, -0.15) is 0 Å². The third kappa shape index (κ3) is 4.26. The number of nitrogens with two attached hydrogens (primary N) is 1. The van der Waals surface area contributed by atoms with E-state index in [0.29, 0.717) is 17.9 Å². The highest BCUT2D eigenvalue weighted by Crippen LogP contribution is 2.14. The van der Waals surface area contributed by atoms with E-state index in [1.54, 1.807) is 24.3 Å². The maximum Gasteiger partial charge on any atom is 0.252 e. The molecule has 0 aliphatic rings. The molecule has 1 aromatic rings. The quantitative estimate of drug-likeness (QED) is 0.796. The van der Waals surface area contributed by atoms with Crippen LogP contribution >= 0.6 is 0 Å². The number of hydrogen-bond donors (Lipinski definition) is 2. The number of primary amides is 1. The lowest BCUT2D eigenvalue weighted by Crippen LogP contribution is -2.48. The summed E-state index contributed by atoms with van der Waals surface area (Å²) in [6.45, 7) is 6.23. The van der Waals surface area contributed by atoms with E-state index in [1.165, 1.54) is 0 Å². The van der Waals surface area contributed by atoms with E-state index in [4.69, 9.17) is 10.5 Å². The van der Waals surface area contributed by atoms with Gasteiger partial charge in [-0.25, -0.2) is 0 Å². The zero-order valence-corrected chi connectivity index (χ0v) is 12.2. The molecule has 110 valence electrons. The van der Waals surface area contributed by atoms with Crippen LogP contribution in [0.3, 0.4) is 0 Å². The Bertz CT molecular complexity index is 474. The molecule has 5 nitrogen and oxygen atoms in total. The first-order valence-electron chi connectivity index (χ1n) is 6.82. The number of amides is 2. The molecule has 0 spiro atoms. The van der Waals surface area contributed by atoms with Crippen molar-refractivity contribution in [3.63, 3.8) is 0 Å². The molecular weight excluding hydrogens is 256 g/mol. The van der Waals surface area contributed by atoms with E-state index in [2.05, 4.69) is 5.32 Å². The van der Waals surface area contributed by atoms with Crippen LogP contribution in [0.25, 0.3) is 0 Å². The molecule has 0 saturated heterocycles. The molecule has 5 heteroatoms. The van der Waals surface area contributed by atoms with Gasteiger partial charge < -0.3 is 15.8 Å². The second-order valence-corrected chi connectivity index (χ2v) is 4.70. The molecule has 0 radical (unpaired) electrons. The van der Waals surface area contributed by atoms with Gasteiger partial charge in [-0.05, 0) is 31.0 Å². The van der Waals surface area contributed by atoms with Crippen molar-refractivity contribution in [3.8, 4) is 5.75 Å². The number of benzene rings is 1. The fourth-order valence-corrected chi connectivity index (χ4v) is 1.85. The first-order valence-corrected chi connectivity index (χ1v) is 6.82. The molecule has 2 amide bonds. The lowest BCUT2D eigenvalue weighted by Gasteiger charge is -2.21. The molecule has 0 fully saturated rings. The average molecular weight is 278 g/mol. The molecule has 3 N–H and O–H groups in total. The normalized spacial score (nSPS) is 13.3. The second kappa shape index (κ2) is 7.53. The Morgan fingerprint density at radius 2 is 2.05 bits per heavy atom. The lowest BCUT2D eigenvalue weighted by molar-refractivity contribution is -0.120. The van der Waals surface area contributed by atoms with Crippen molar-refractivity contribution < 1.29 is 14.3 Å². The Hall–Kier alpha value is -2.04. The molecule has 1 rings (SSSR count). The Labute approximate surface area is 119 Å². The Morgan fingerprint density at radius 1 is 1.35 bits per heavy atom. The monoisotopic (exact) mass is 278 g/mol. The molecular formula is C15H22N2O3. The van der Waals surface area contributed by atoms with Crippen molar-refractivity contribution in [3.05, 3.63) is 29.8 Å². The number of carbonyl (C=O) groups is 2. The molecule has 0 aliphatic heterocycles. The number of ether oxygens (including phenoxy) is 1. The first-order chi connectivity index (χ1) is 9.49. The molecule has 0 aliphatic carbocycles. The molecule has 1 aromatic carbocycles. The van der Waals surface area contributed by atoms with Crippen LogP contribution in [0.2, 0.25) is 0 Å². The summed E-state index contributed by atoms with van der Waals surface area (Å²) in [5, 5.41) is 2.68. The van der Waals surface area contributed by atoms with E-state index >= 15 is 0 Å². The van der Waals surface area contributed by atoms with Gasteiger partial charge in [0.25, 0.3) is 5.91 Å². The van der Waals surface area contributed by atoms with Crippen molar-refractivity contribution in [2.45, 2.75) is 33.2 Å². The van der Waals surface area contributed by atoms with Crippen molar-refractivity contribution in [2.24, 2.45) is 11.7 Å². The minimum Gasteiger partial charge on any atom is -0.494 e. The van der Waals surface area contributed by atoms with Crippen LogP contribution in [-0.4, -0.2) is 24.5 Å². The predicted molar refractivity (Wildman–Crippen MR) is 77.5 cm³/mol. The minimum atomic E-state index is -0.664. The molecule has 2 unspecified atom stereocenters. The highest BCUT2D eigenvalue weighted by molar-refractivity contribution is 5.97. The van der Waals surface area contributed by atoms with Gasteiger partial charge in [0, 0.05) is 5.56 Å². The summed E-state index contributed by atoms with van der Waals surface area (Å²) >= 11 is 0. The third-order valence-electron chi connectivity index (χ3n) is 3.21. The topological polar surface area (TPSA) is 81.4 Å². The number of carbonyl (C=O) groups excluding carboxylic acids is 2. The zero-order valence-electron chi connectivity index (χ0n) is 12.2. The van der Waals surface area contributed by atoms with Crippen LogP contribution in [0, 0.1) is 5.92 Å².